The predicted molar refractivity (Wildman–Crippen MR) is 83.3 cm³/mol. The van der Waals surface area contributed by atoms with Crippen LogP contribution in [0.25, 0.3) is 0 Å². The van der Waals surface area contributed by atoms with Crippen LogP contribution in [0, 0.1) is 19.7 Å². The Morgan fingerprint density at radius 1 is 1.30 bits per heavy atom. The van der Waals surface area contributed by atoms with Crippen molar-refractivity contribution >= 4 is 39.0 Å². The minimum Gasteiger partial charge on any atom is -0.340 e. The van der Waals surface area contributed by atoms with Crippen molar-refractivity contribution in [1.29, 1.82) is 0 Å². The molecule has 1 N–H and O–H groups in total. The lowest BCUT2D eigenvalue weighted by atomic mass is 10.2. The zero-order chi connectivity index (χ0) is 14.9. The minimum absolute atomic E-state index is 0.292. The fourth-order valence-electron chi connectivity index (χ4n) is 1.72. The molecule has 106 valence electrons. The van der Waals surface area contributed by atoms with Crippen LogP contribution in [0.3, 0.4) is 0 Å². The maximum absolute atomic E-state index is 13.4. The summed E-state index contributed by atoms with van der Waals surface area (Å²) in [7, 11) is 0. The largest absolute Gasteiger partial charge is 0.340 e. The smallest absolute Gasteiger partial charge is 0.138 e. The van der Waals surface area contributed by atoms with Gasteiger partial charge in [0.2, 0.25) is 0 Å². The van der Waals surface area contributed by atoms with Gasteiger partial charge in [-0.15, -0.1) is 0 Å². The van der Waals surface area contributed by atoms with Gasteiger partial charge in [0.25, 0.3) is 0 Å². The Labute approximate surface area is 130 Å². The van der Waals surface area contributed by atoms with Crippen molar-refractivity contribution in [3.05, 3.63) is 44.5 Å². The van der Waals surface area contributed by atoms with Crippen LogP contribution in [0.15, 0.2) is 16.6 Å². The Morgan fingerprint density at radius 2 is 2.00 bits per heavy atom. The normalized spacial score (nSPS) is 10.7. The van der Waals surface area contributed by atoms with Gasteiger partial charge in [0.05, 0.1) is 4.47 Å². The molecule has 0 amide bonds. The highest BCUT2D eigenvalue weighted by atomic mass is 79.9. The quantitative estimate of drug-likeness (QED) is 0.789. The molecule has 6 heteroatoms. The summed E-state index contributed by atoms with van der Waals surface area (Å²) in [5.41, 5.74) is 2.33. The first-order valence-electron chi connectivity index (χ1n) is 6.18. The maximum atomic E-state index is 13.4. The number of benzene rings is 1. The van der Waals surface area contributed by atoms with Crippen molar-refractivity contribution in [3.8, 4) is 0 Å². The van der Waals surface area contributed by atoms with Gasteiger partial charge < -0.3 is 5.32 Å². The summed E-state index contributed by atoms with van der Waals surface area (Å²) in [6.45, 7) is 5.64. The summed E-state index contributed by atoms with van der Waals surface area (Å²) in [6, 6.07) is 3.15. The first-order chi connectivity index (χ1) is 9.42. The zero-order valence-corrected chi connectivity index (χ0v) is 13.7. The standard InChI is InChI=1S/C14H14BrClFN3/c1-4-12-19-13(16)8(3)14(20-12)18-11-6-9(15)10(17)5-7(11)2/h5-6H,4H2,1-3H3,(H,18,19,20). The molecular formula is C14H14BrClFN3. The topological polar surface area (TPSA) is 37.8 Å². The van der Waals surface area contributed by atoms with E-state index in [1.807, 2.05) is 20.8 Å². The van der Waals surface area contributed by atoms with E-state index in [2.05, 4.69) is 31.2 Å². The van der Waals surface area contributed by atoms with Gasteiger partial charge in [-0.2, -0.15) is 0 Å². The zero-order valence-electron chi connectivity index (χ0n) is 11.4. The molecule has 0 atom stereocenters. The predicted octanol–water partition coefficient (Wildman–Crippen LogP) is 4.95. The molecule has 20 heavy (non-hydrogen) atoms. The van der Waals surface area contributed by atoms with Gasteiger partial charge in [-0.3, -0.25) is 0 Å². The third-order valence-electron chi connectivity index (χ3n) is 2.97. The lowest BCUT2D eigenvalue weighted by molar-refractivity contribution is 0.620. The second-order valence-corrected chi connectivity index (χ2v) is 5.68. The number of nitrogens with zero attached hydrogens (tertiary/aromatic N) is 2. The van der Waals surface area contributed by atoms with Crippen molar-refractivity contribution in [2.45, 2.75) is 27.2 Å². The first-order valence-corrected chi connectivity index (χ1v) is 7.35. The summed E-state index contributed by atoms with van der Waals surface area (Å²) in [5, 5.41) is 3.62. The fourth-order valence-corrected chi connectivity index (χ4v) is 2.25. The molecule has 0 radical (unpaired) electrons. The number of aryl methyl sites for hydroxylation is 2. The van der Waals surface area contributed by atoms with E-state index in [9.17, 15) is 4.39 Å². The Balaban J connectivity index is 2.44. The van der Waals surface area contributed by atoms with Gasteiger partial charge in [0.1, 0.15) is 22.6 Å². The first kappa shape index (κ1) is 15.2. The van der Waals surface area contributed by atoms with E-state index in [0.29, 0.717) is 27.7 Å². The van der Waals surface area contributed by atoms with Crippen molar-refractivity contribution in [2.75, 3.05) is 5.32 Å². The molecule has 1 aromatic heterocycles. The lowest BCUT2D eigenvalue weighted by Gasteiger charge is -2.13. The van der Waals surface area contributed by atoms with Gasteiger partial charge in [0.15, 0.2) is 0 Å². The highest BCUT2D eigenvalue weighted by Crippen LogP contribution is 2.29. The Kier molecular flexibility index (Phi) is 4.60. The number of rotatable bonds is 3. The average Bonchev–Trinajstić information content (AvgIpc) is 2.40. The molecule has 1 aromatic carbocycles. The van der Waals surface area contributed by atoms with Crippen molar-refractivity contribution < 1.29 is 4.39 Å². The second-order valence-electron chi connectivity index (χ2n) is 4.46. The number of nitrogens with one attached hydrogen (secondary N) is 1. The maximum Gasteiger partial charge on any atom is 0.138 e. The van der Waals surface area contributed by atoms with Gasteiger partial charge >= 0.3 is 0 Å². The highest BCUT2D eigenvalue weighted by Gasteiger charge is 2.11. The molecule has 0 saturated heterocycles. The highest BCUT2D eigenvalue weighted by molar-refractivity contribution is 9.10. The Bertz CT molecular complexity index is 661. The average molecular weight is 359 g/mol. The molecule has 0 spiro atoms. The molecular weight excluding hydrogens is 345 g/mol. The van der Waals surface area contributed by atoms with Crippen molar-refractivity contribution in [2.24, 2.45) is 0 Å². The van der Waals surface area contributed by atoms with E-state index < -0.39 is 0 Å². The summed E-state index contributed by atoms with van der Waals surface area (Å²) in [6.07, 6.45) is 0.695. The van der Waals surface area contributed by atoms with E-state index in [1.54, 1.807) is 6.07 Å². The fraction of sp³-hybridized carbons (Fsp3) is 0.286. The van der Waals surface area contributed by atoms with E-state index in [4.69, 9.17) is 11.6 Å². The molecule has 0 aliphatic heterocycles. The summed E-state index contributed by atoms with van der Waals surface area (Å²) in [5.74, 6) is 1.02. The van der Waals surface area contributed by atoms with Crippen molar-refractivity contribution in [3.63, 3.8) is 0 Å². The summed E-state index contributed by atoms with van der Waals surface area (Å²) >= 11 is 9.28. The molecule has 0 fully saturated rings. The van der Waals surface area contributed by atoms with Crippen LogP contribution >= 0.6 is 27.5 Å². The number of aromatic nitrogens is 2. The SMILES string of the molecule is CCc1nc(Cl)c(C)c(Nc2cc(Br)c(F)cc2C)n1. The summed E-state index contributed by atoms with van der Waals surface area (Å²) < 4.78 is 13.8. The number of anilines is 2. The van der Waals surface area contributed by atoms with Gasteiger partial charge in [-0.25, -0.2) is 14.4 Å². The third kappa shape index (κ3) is 3.10. The molecule has 2 rings (SSSR count). The molecule has 2 aromatic rings. The molecule has 0 unspecified atom stereocenters. The Hall–Kier alpha value is -1.20. The monoisotopic (exact) mass is 357 g/mol. The van der Waals surface area contributed by atoms with E-state index in [0.717, 1.165) is 16.8 Å². The van der Waals surface area contributed by atoms with Gasteiger partial charge in [-0.05, 0) is 47.5 Å². The molecule has 0 aliphatic carbocycles. The molecule has 0 aliphatic rings. The minimum atomic E-state index is -0.292. The van der Waals surface area contributed by atoms with Crippen LogP contribution < -0.4 is 5.32 Å². The molecule has 0 saturated carbocycles. The van der Waals surface area contributed by atoms with Crippen LogP contribution in [0.2, 0.25) is 5.15 Å². The van der Waals surface area contributed by atoms with E-state index >= 15 is 0 Å². The number of halogens is 3. The van der Waals surface area contributed by atoms with Crippen LogP contribution in [0.5, 0.6) is 0 Å². The number of hydrogen-bond acceptors (Lipinski definition) is 3. The van der Waals surface area contributed by atoms with Crippen LogP contribution in [0.4, 0.5) is 15.9 Å². The lowest BCUT2D eigenvalue weighted by Crippen LogP contribution is -2.04. The second kappa shape index (κ2) is 6.06. The number of hydrogen-bond donors (Lipinski definition) is 1. The summed E-state index contributed by atoms with van der Waals surface area (Å²) in [4.78, 5) is 8.62. The van der Waals surface area contributed by atoms with Gasteiger partial charge in [0, 0.05) is 17.7 Å². The molecule has 1 heterocycles. The van der Waals surface area contributed by atoms with Crippen LogP contribution in [0.1, 0.15) is 23.9 Å². The molecule has 3 nitrogen and oxygen atoms in total. The van der Waals surface area contributed by atoms with E-state index in [1.165, 1.54) is 6.07 Å². The van der Waals surface area contributed by atoms with Crippen molar-refractivity contribution in [1.82, 2.24) is 9.97 Å². The van der Waals surface area contributed by atoms with Gasteiger partial charge in [-0.1, -0.05) is 18.5 Å². The Morgan fingerprint density at radius 3 is 2.65 bits per heavy atom. The third-order valence-corrected chi connectivity index (χ3v) is 3.94. The van der Waals surface area contributed by atoms with Crippen LogP contribution in [-0.2, 0) is 6.42 Å². The van der Waals surface area contributed by atoms with Crippen LogP contribution in [-0.4, -0.2) is 9.97 Å². The molecule has 0 bridgehead atoms. The van der Waals surface area contributed by atoms with E-state index in [-0.39, 0.29) is 5.82 Å².